The molecule has 0 fully saturated rings. The lowest BCUT2D eigenvalue weighted by atomic mass is 10.1. The van der Waals surface area contributed by atoms with Gasteiger partial charge in [0.25, 0.3) is 0 Å². The van der Waals surface area contributed by atoms with Crippen molar-refractivity contribution in [1.82, 2.24) is 9.97 Å². The maximum absolute atomic E-state index is 10.6. The van der Waals surface area contributed by atoms with Crippen LogP contribution in [0.15, 0.2) is 79.3 Å². The zero-order valence-corrected chi connectivity index (χ0v) is 17.4. The Morgan fingerprint density at radius 1 is 0.935 bits per heavy atom. The number of rotatable bonds is 7. The molecule has 31 heavy (non-hydrogen) atoms. The minimum atomic E-state index is 0.00664. The van der Waals surface area contributed by atoms with E-state index in [0.717, 1.165) is 5.56 Å². The Morgan fingerprint density at radius 3 is 2.55 bits per heavy atom. The fourth-order valence-corrected chi connectivity index (χ4v) is 3.22. The van der Waals surface area contributed by atoms with Gasteiger partial charge in [-0.15, -0.1) is 0 Å². The van der Waals surface area contributed by atoms with E-state index >= 15 is 0 Å². The van der Waals surface area contributed by atoms with Crippen molar-refractivity contribution in [1.29, 1.82) is 0 Å². The van der Waals surface area contributed by atoms with Gasteiger partial charge >= 0.3 is 0 Å². The normalized spacial score (nSPS) is 10.5. The second kappa shape index (κ2) is 9.36. The first kappa shape index (κ1) is 20.5. The van der Waals surface area contributed by atoms with Crippen molar-refractivity contribution < 1.29 is 19.3 Å². The lowest BCUT2D eigenvalue weighted by Gasteiger charge is -2.14. The fraction of sp³-hybridized carbons (Fsp3) is 0.0833. The topological polar surface area (TPSA) is 73.7 Å². The molecule has 1 aromatic heterocycles. The van der Waals surface area contributed by atoms with Crippen LogP contribution in [0.4, 0.5) is 0 Å². The molecule has 0 atom stereocenters. The molecule has 0 bridgehead atoms. The van der Waals surface area contributed by atoms with Gasteiger partial charge in [0.2, 0.25) is 0 Å². The molecule has 1 N–H and O–H groups in total. The van der Waals surface area contributed by atoms with Crippen LogP contribution in [0.1, 0.15) is 5.56 Å². The van der Waals surface area contributed by atoms with E-state index in [2.05, 4.69) is 9.97 Å². The molecule has 6 nitrogen and oxygen atoms in total. The van der Waals surface area contributed by atoms with Gasteiger partial charge in [0.15, 0.2) is 17.2 Å². The molecule has 0 saturated heterocycles. The van der Waals surface area contributed by atoms with Crippen LogP contribution in [-0.2, 0) is 6.61 Å². The Labute approximate surface area is 184 Å². The summed E-state index contributed by atoms with van der Waals surface area (Å²) < 4.78 is 17.1. The molecule has 0 aliphatic rings. The Morgan fingerprint density at radius 2 is 1.77 bits per heavy atom. The molecule has 4 rings (SSSR count). The first-order valence-electron chi connectivity index (χ1n) is 9.45. The highest BCUT2D eigenvalue weighted by atomic mass is 35.5. The van der Waals surface area contributed by atoms with E-state index in [0.29, 0.717) is 45.9 Å². The third-order valence-corrected chi connectivity index (χ3v) is 4.72. The lowest BCUT2D eigenvalue weighted by Crippen LogP contribution is -1.97. The number of nitrogens with zero attached hydrogens (tertiary/aromatic N) is 2. The van der Waals surface area contributed by atoms with Gasteiger partial charge in [-0.25, -0.2) is 9.97 Å². The van der Waals surface area contributed by atoms with Crippen LogP contribution < -0.4 is 14.2 Å². The second-order valence-corrected chi connectivity index (χ2v) is 7.02. The monoisotopic (exact) mass is 434 g/mol. The summed E-state index contributed by atoms with van der Waals surface area (Å²) in [5.41, 5.74) is 1.86. The van der Waals surface area contributed by atoms with Crippen molar-refractivity contribution in [2.75, 3.05) is 7.11 Å². The number of methoxy groups -OCH3 is 1. The average molecular weight is 435 g/mol. The number of para-hydroxylation sites is 2. The minimum absolute atomic E-state index is 0.00664. The van der Waals surface area contributed by atoms with Crippen LogP contribution >= 0.6 is 11.6 Å². The van der Waals surface area contributed by atoms with Gasteiger partial charge < -0.3 is 19.3 Å². The summed E-state index contributed by atoms with van der Waals surface area (Å²) in [4.78, 5) is 8.35. The molecule has 4 aromatic rings. The zero-order valence-electron chi connectivity index (χ0n) is 16.7. The second-order valence-electron chi connectivity index (χ2n) is 6.59. The van der Waals surface area contributed by atoms with Gasteiger partial charge in [0.05, 0.1) is 13.3 Å². The van der Waals surface area contributed by atoms with Crippen LogP contribution in [0.25, 0.3) is 11.3 Å². The van der Waals surface area contributed by atoms with Gasteiger partial charge in [-0.1, -0.05) is 35.9 Å². The van der Waals surface area contributed by atoms with E-state index in [1.165, 1.54) is 18.6 Å². The van der Waals surface area contributed by atoms with Crippen molar-refractivity contribution in [3.8, 4) is 40.0 Å². The molecule has 7 heteroatoms. The maximum Gasteiger partial charge on any atom is 0.172 e. The van der Waals surface area contributed by atoms with Crippen molar-refractivity contribution in [3.63, 3.8) is 0 Å². The number of aromatic nitrogens is 2. The Kier molecular flexibility index (Phi) is 6.19. The smallest absolute Gasteiger partial charge is 0.172 e. The summed E-state index contributed by atoms with van der Waals surface area (Å²) in [5, 5.41) is 11.3. The number of ether oxygens (including phenoxy) is 3. The molecule has 0 radical (unpaired) electrons. The largest absolute Gasteiger partial charge is 0.507 e. The van der Waals surface area contributed by atoms with Gasteiger partial charge in [-0.3, -0.25) is 0 Å². The van der Waals surface area contributed by atoms with Crippen molar-refractivity contribution in [2.45, 2.75) is 6.61 Å². The molecule has 3 aromatic carbocycles. The highest BCUT2D eigenvalue weighted by Crippen LogP contribution is 2.39. The predicted molar refractivity (Wildman–Crippen MR) is 118 cm³/mol. The lowest BCUT2D eigenvalue weighted by molar-refractivity contribution is 0.304. The van der Waals surface area contributed by atoms with Gasteiger partial charge in [0, 0.05) is 16.7 Å². The molecule has 0 unspecified atom stereocenters. The maximum atomic E-state index is 10.6. The molecule has 0 amide bonds. The standard InChI is InChI=1S/C24H19ClN2O4/c1-29-21-7-2-3-8-22(21)31-23-13-26-15-27-24(23)19-10-9-18(12-20(19)28)30-14-16-5-4-6-17(25)11-16/h2-13,15,28H,14H2,1H3. The number of hydrogen-bond donors (Lipinski definition) is 1. The third-order valence-electron chi connectivity index (χ3n) is 4.49. The van der Waals surface area contributed by atoms with Gasteiger partial charge in [-0.05, 0) is 42.0 Å². The van der Waals surface area contributed by atoms with E-state index in [4.69, 9.17) is 25.8 Å². The summed E-state index contributed by atoms with van der Waals surface area (Å²) in [6, 6.07) is 19.7. The van der Waals surface area contributed by atoms with E-state index < -0.39 is 0 Å². The van der Waals surface area contributed by atoms with Crippen LogP contribution in [0.5, 0.6) is 28.7 Å². The molecular formula is C24H19ClN2O4. The average Bonchev–Trinajstić information content (AvgIpc) is 2.79. The number of benzene rings is 3. The molecule has 156 valence electrons. The highest BCUT2D eigenvalue weighted by molar-refractivity contribution is 6.30. The first-order chi connectivity index (χ1) is 15.1. The van der Waals surface area contributed by atoms with Crippen molar-refractivity contribution in [2.24, 2.45) is 0 Å². The number of hydrogen-bond acceptors (Lipinski definition) is 6. The summed E-state index contributed by atoms with van der Waals surface area (Å²) in [6.07, 6.45) is 2.94. The summed E-state index contributed by atoms with van der Waals surface area (Å²) in [7, 11) is 1.57. The first-order valence-corrected chi connectivity index (χ1v) is 9.83. The van der Waals surface area contributed by atoms with Crippen LogP contribution in [0.2, 0.25) is 5.02 Å². The molecule has 0 aliphatic heterocycles. The number of phenolic OH excluding ortho intramolecular Hbond substituents is 1. The minimum Gasteiger partial charge on any atom is -0.507 e. The summed E-state index contributed by atoms with van der Waals surface area (Å²) in [6.45, 7) is 0.328. The molecule has 1 heterocycles. The zero-order chi connectivity index (χ0) is 21.6. The van der Waals surface area contributed by atoms with Crippen LogP contribution in [-0.4, -0.2) is 22.2 Å². The third kappa shape index (κ3) is 4.87. The van der Waals surface area contributed by atoms with Crippen molar-refractivity contribution in [3.05, 3.63) is 89.8 Å². The van der Waals surface area contributed by atoms with E-state index in [1.807, 2.05) is 30.3 Å². The Balaban J connectivity index is 1.57. The number of aromatic hydroxyl groups is 1. The van der Waals surface area contributed by atoms with Crippen LogP contribution in [0, 0.1) is 0 Å². The SMILES string of the molecule is COc1ccccc1Oc1cncnc1-c1ccc(OCc2cccc(Cl)c2)cc1O. The summed E-state index contributed by atoms with van der Waals surface area (Å²) >= 11 is 6.00. The number of phenols is 1. The molecule has 0 spiro atoms. The Hall–Kier alpha value is -3.77. The fourth-order valence-electron chi connectivity index (χ4n) is 3.01. The molecular weight excluding hydrogens is 416 g/mol. The van der Waals surface area contributed by atoms with E-state index in [-0.39, 0.29) is 5.75 Å². The Bertz CT molecular complexity index is 1200. The molecule has 0 aliphatic carbocycles. The van der Waals surface area contributed by atoms with E-state index in [9.17, 15) is 5.11 Å². The summed E-state index contributed by atoms with van der Waals surface area (Å²) in [5.74, 6) is 2.00. The van der Waals surface area contributed by atoms with Gasteiger partial charge in [-0.2, -0.15) is 0 Å². The van der Waals surface area contributed by atoms with Gasteiger partial charge in [0.1, 0.15) is 30.1 Å². The molecule has 0 saturated carbocycles. The quantitative estimate of drug-likeness (QED) is 0.391. The predicted octanol–water partition coefficient (Wildman–Crippen LogP) is 5.88. The van der Waals surface area contributed by atoms with Crippen LogP contribution in [0.3, 0.4) is 0 Å². The highest BCUT2D eigenvalue weighted by Gasteiger charge is 2.15. The van der Waals surface area contributed by atoms with E-state index in [1.54, 1.807) is 37.4 Å². The van der Waals surface area contributed by atoms with Crippen molar-refractivity contribution >= 4 is 11.6 Å². The number of halogens is 1.